The number of halogens is 1. The Bertz CT molecular complexity index is 131. The zero-order valence-corrected chi connectivity index (χ0v) is 10.4. The molecule has 0 amide bonds. The molecule has 0 aliphatic rings. The van der Waals surface area contributed by atoms with Crippen LogP contribution in [-0.4, -0.2) is 17.6 Å². The number of carbonyl (C=O) groups is 1. The Morgan fingerprint density at radius 3 is 1.79 bits per heavy atom. The molecule has 0 bridgehead atoms. The zero-order valence-electron chi connectivity index (χ0n) is 8.71. The largest absolute Gasteiger partial charge is 0.481 e. The molecule has 3 N–H and O–H groups in total. The quantitative estimate of drug-likeness (QED) is 0.632. The van der Waals surface area contributed by atoms with Gasteiger partial charge < -0.3 is 10.8 Å². The Morgan fingerprint density at radius 1 is 0.929 bits per heavy atom. The van der Waals surface area contributed by atoms with E-state index >= 15 is 0 Å². The van der Waals surface area contributed by atoms with Crippen LogP contribution in [0, 0.1) is 0 Å². The van der Waals surface area contributed by atoms with Crippen LogP contribution in [0.1, 0.15) is 51.4 Å². The SMILES string of the molecule is Br.NCCCCCCCCCC(=O)O. The number of carboxylic acids is 1. The minimum absolute atomic E-state index is 0. The molecule has 0 fully saturated rings. The first-order valence-electron chi connectivity index (χ1n) is 5.19. The number of aliphatic carboxylic acids is 1. The third-order valence-electron chi connectivity index (χ3n) is 2.09. The topological polar surface area (TPSA) is 63.3 Å². The molecule has 0 aliphatic heterocycles. The van der Waals surface area contributed by atoms with Crippen LogP contribution in [-0.2, 0) is 4.79 Å². The van der Waals surface area contributed by atoms with Crippen LogP contribution in [0.2, 0.25) is 0 Å². The lowest BCUT2D eigenvalue weighted by Gasteiger charge is -1.99. The summed E-state index contributed by atoms with van der Waals surface area (Å²) in [7, 11) is 0. The smallest absolute Gasteiger partial charge is 0.303 e. The van der Waals surface area contributed by atoms with Crippen molar-refractivity contribution in [2.45, 2.75) is 51.4 Å². The lowest BCUT2D eigenvalue weighted by Crippen LogP contribution is -1.97. The van der Waals surface area contributed by atoms with Crippen LogP contribution in [0.5, 0.6) is 0 Å². The van der Waals surface area contributed by atoms with E-state index in [1.807, 2.05) is 0 Å². The first kappa shape index (κ1) is 16.3. The van der Waals surface area contributed by atoms with Crippen molar-refractivity contribution in [2.75, 3.05) is 6.54 Å². The summed E-state index contributed by atoms with van der Waals surface area (Å²) in [6.07, 6.45) is 8.16. The highest BCUT2D eigenvalue weighted by molar-refractivity contribution is 8.93. The van der Waals surface area contributed by atoms with E-state index in [2.05, 4.69) is 0 Å². The van der Waals surface area contributed by atoms with Crippen molar-refractivity contribution >= 4 is 23.0 Å². The first-order chi connectivity index (χ1) is 6.27. The van der Waals surface area contributed by atoms with Crippen LogP contribution in [0.25, 0.3) is 0 Å². The number of rotatable bonds is 9. The number of hydrogen-bond donors (Lipinski definition) is 2. The molecule has 3 nitrogen and oxygen atoms in total. The van der Waals surface area contributed by atoms with E-state index in [0.29, 0.717) is 6.42 Å². The third-order valence-corrected chi connectivity index (χ3v) is 2.09. The summed E-state index contributed by atoms with van der Waals surface area (Å²) in [5.41, 5.74) is 5.36. The monoisotopic (exact) mass is 267 g/mol. The van der Waals surface area contributed by atoms with Crippen molar-refractivity contribution in [1.82, 2.24) is 0 Å². The minimum atomic E-state index is -0.678. The van der Waals surface area contributed by atoms with Crippen molar-refractivity contribution in [1.29, 1.82) is 0 Å². The second kappa shape index (κ2) is 12.9. The Hall–Kier alpha value is -0.0900. The molecular weight excluding hydrogens is 246 g/mol. The van der Waals surface area contributed by atoms with Gasteiger partial charge >= 0.3 is 5.97 Å². The average Bonchev–Trinajstić information content (AvgIpc) is 2.09. The molecule has 0 atom stereocenters. The fourth-order valence-electron chi connectivity index (χ4n) is 1.30. The average molecular weight is 268 g/mol. The van der Waals surface area contributed by atoms with Gasteiger partial charge in [0.25, 0.3) is 0 Å². The summed E-state index contributed by atoms with van der Waals surface area (Å²) in [5.74, 6) is -0.678. The van der Waals surface area contributed by atoms with Gasteiger partial charge in [-0.05, 0) is 19.4 Å². The Kier molecular flexibility index (Phi) is 15.1. The predicted molar refractivity (Wildman–Crippen MR) is 63.9 cm³/mol. The minimum Gasteiger partial charge on any atom is -0.481 e. The van der Waals surface area contributed by atoms with Gasteiger partial charge in [-0.15, -0.1) is 17.0 Å². The molecule has 0 unspecified atom stereocenters. The summed E-state index contributed by atoms with van der Waals surface area (Å²) in [6.45, 7) is 0.791. The van der Waals surface area contributed by atoms with Gasteiger partial charge in [0.2, 0.25) is 0 Å². The van der Waals surface area contributed by atoms with Gasteiger partial charge in [-0.3, -0.25) is 4.79 Å². The van der Waals surface area contributed by atoms with E-state index in [0.717, 1.165) is 32.2 Å². The molecule has 4 heteroatoms. The lowest BCUT2D eigenvalue weighted by molar-refractivity contribution is -0.137. The van der Waals surface area contributed by atoms with Crippen molar-refractivity contribution in [3.8, 4) is 0 Å². The fraction of sp³-hybridized carbons (Fsp3) is 0.900. The van der Waals surface area contributed by atoms with Gasteiger partial charge in [0, 0.05) is 6.42 Å². The van der Waals surface area contributed by atoms with Gasteiger partial charge in [0.1, 0.15) is 0 Å². The Morgan fingerprint density at radius 2 is 1.36 bits per heavy atom. The number of unbranched alkanes of at least 4 members (excludes halogenated alkanes) is 6. The van der Waals surface area contributed by atoms with Crippen LogP contribution in [0.15, 0.2) is 0 Å². The summed E-state index contributed by atoms with van der Waals surface area (Å²) in [4.78, 5) is 10.2. The zero-order chi connectivity index (χ0) is 9.94. The molecule has 0 spiro atoms. The molecule has 0 aromatic heterocycles. The van der Waals surface area contributed by atoms with Crippen LogP contribution < -0.4 is 5.73 Å². The maximum atomic E-state index is 10.2. The summed E-state index contributed by atoms with van der Waals surface area (Å²) < 4.78 is 0. The fourth-order valence-corrected chi connectivity index (χ4v) is 1.30. The number of carboxylic acid groups (broad SMARTS) is 1. The normalized spacial score (nSPS) is 9.50. The Labute approximate surface area is 96.8 Å². The summed E-state index contributed by atoms with van der Waals surface area (Å²) in [6, 6.07) is 0. The van der Waals surface area contributed by atoms with E-state index in [4.69, 9.17) is 10.8 Å². The molecule has 0 rings (SSSR count). The van der Waals surface area contributed by atoms with Crippen LogP contribution >= 0.6 is 17.0 Å². The van der Waals surface area contributed by atoms with Crippen molar-refractivity contribution in [2.24, 2.45) is 5.73 Å². The van der Waals surface area contributed by atoms with Gasteiger partial charge in [-0.2, -0.15) is 0 Å². The van der Waals surface area contributed by atoms with Crippen molar-refractivity contribution in [3.05, 3.63) is 0 Å². The second-order valence-electron chi connectivity index (χ2n) is 3.41. The van der Waals surface area contributed by atoms with Gasteiger partial charge in [0.15, 0.2) is 0 Å². The van der Waals surface area contributed by atoms with E-state index < -0.39 is 5.97 Å². The van der Waals surface area contributed by atoms with Gasteiger partial charge in [-0.1, -0.05) is 32.1 Å². The standard InChI is InChI=1S/C10H21NO2.BrH/c11-9-7-5-3-1-2-4-6-8-10(12)13;/h1-9,11H2,(H,12,13);1H. The van der Waals surface area contributed by atoms with Crippen molar-refractivity contribution in [3.63, 3.8) is 0 Å². The van der Waals surface area contributed by atoms with E-state index in [-0.39, 0.29) is 17.0 Å². The van der Waals surface area contributed by atoms with E-state index in [1.54, 1.807) is 0 Å². The van der Waals surface area contributed by atoms with E-state index in [9.17, 15) is 4.79 Å². The van der Waals surface area contributed by atoms with E-state index in [1.165, 1.54) is 19.3 Å². The number of hydrogen-bond acceptors (Lipinski definition) is 2. The number of nitrogens with two attached hydrogens (primary N) is 1. The van der Waals surface area contributed by atoms with Gasteiger partial charge in [-0.25, -0.2) is 0 Å². The van der Waals surface area contributed by atoms with Crippen LogP contribution in [0.4, 0.5) is 0 Å². The molecular formula is C10H22BrNO2. The second-order valence-corrected chi connectivity index (χ2v) is 3.41. The first-order valence-corrected chi connectivity index (χ1v) is 5.19. The molecule has 0 aromatic rings. The highest BCUT2D eigenvalue weighted by Gasteiger charge is 1.95. The van der Waals surface area contributed by atoms with Crippen molar-refractivity contribution < 1.29 is 9.90 Å². The molecule has 0 saturated heterocycles. The molecule has 0 saturated carbocycles. The Balaban J connectivity index is 0. The van der Waals surface area contributed by atoms with Gasteiger partial charge in [0.05, 0.1) is 0 Å². The summed E-state index contributed by atoms with van der Waals surface area (Å²) >= 11 is 0. The highest BCUT2D eigenvalue weighted by atomic mass is 79.9. The molecule has 0 heterocycles. The predicted octanol–water partition coefficient (Wildman–Crippen LogP) is 2.73. The van der Waals surface area contributed by atoms with Crippen LogP contribution in [0.3, 0.4) is 0 Å². The molecule has 14 heavy (non-hydrogen) atoms. The molecule has 0 aromatic carbocycles. The summed E-state index contributed by atoms with van der Waals surface area (Å²) in [5, 5.41) is 8.37. The maximum absolute atomic E-state index is 10.2. The highest BCUT2D eigenvalue weighted by Crippen LogP contribution is 2.07. The maximum Gasteiger partial charge on any atom is 0.303 e. The third kappa shape index (κ3) is 14.4. The lowest BCUT2D eigenvalue weighted by atomic mass is 10.1. The molecule has 86 valence electrons. The molecule has 0 aliphatic carbocycles. The molecule has 0 radical (unpaired) electrons.